The predicted octanol–water partition coefficient (Wildman–Crippen LogP) is 4.46. The van der Waals surface area contributed by atoms with Crippen LogP contribution in [0.2, 0.25) is 0 Å². The third-order valence-electron chi connectivity index (χ3n) is 2.84. The van der Waals surface area contributed by atoms with Crippen LogP contribution in [-0.4, -0.2) is 18.5 Å². The third kappa shape index (κ3) is 5.69. The number of unbranched alkanes of at least 4 members (excludes halogenated alkanes) is 2. The van der Waals surface area contributed by atoms with Crippen molar-refractivity contribution in [1.82, 2.24) is 0 Å². The molecule has 0 aliphatic carbocycles. The summed E-state index contributed by atoms with van der Waals surface area (Å²) in [5.41, 5.74) is 0.685. The summed E-state index contributed by atoms with van der Waals surface area (Å²) in [5.74, 6) is 0.371. The van der Waals surface area contributed by atoms with Gasteiger partial charge >= 0.3 is 11.9 Å². The minimum atomic E-state index is -3.69. The zero-order valence-corrected chi connectivity index (χ0v) is 12.9. The predicted molar refractivity (Wildman–Crippen MR) is 83.3 cm³/mol. The Morgan fingerprint density at radius 3 is 2.55 bits per heavy atom. The molecule has 1 aromatic rings. The second kappa shape index (κ2) is 8.99. The van der Waals surface area contributed by atoms with Crippen LogP contribution >= 0.6 is 0 Å². The van der Waals surface area contributed by atoms with Crippen LogP contribution in [0.4, 0.5) is 8.78 Å². The highest BCUT2D eigenvalue weighted by Crippen LogP contribution is 2.24. The average Bonchev–Trinajstić information content (AvgIpc) is 2.51. The summed E-state index contributed by atoms with van der Waals surface area (Å²) in [5, 5.41) is 0. The smallest absolute Gasteiger partial charge is 0.381 e. The number of benzene rings is 1. The van der Waals surface area contributed by atoms with E-state index in [1.54, 1.807) is 30.3 Å². The molecule has 0 saturated carbocycles. The van der Waals surface area contributed by atoms with E-state index in [0.29, 0.717) is 18.1 Å². The molecule has 0 aromatic heterocycles. The van der Waals surface area contributed by atoms with E-state index in [1.807, 2.05) is 6.92 Å². The summed E-state index contributed by atoms with van der Waals surface area (Å²) in [6.45, 7) is 3.43. The van der Waals surface area contributed by atoms with Gasteiger partial charge in [-0.25, -0.2) is 4.79 Å². The molecule has 0 amide bonds. The van der Waals surface area contributed by atoms with E-state index in [1.165, 1.54) is 6.92 Å². The second-order valence-electron chi connectivity index (χ2n) is 4.67. The molecule has 4 heteroatoms. The first-order valence-corrected chi connectivity index (χ1v) is 7.33. The molecule has 0 aliphatic heterocycles. The van der Waals surface area contributed by atoms with Crippen LogP contribution in [0.1, 0.15) is 38.7 Å². The maximum atomic E-state index is 13.9. The summed E-state index contributed by atoms with van der Waals surface area (Å²) in [6, 6.07) is 8.62. The highest BCUT2D eigenvalue weighted by molar-refractivity contribution is 5.87. The Kier molecular flexibility index (Phi) is 7.31. The first-order chi connectivity index (χ1) is 10.5. The molecule has 0 spiro atoms. The second-order valence-corrected chi connectivity index (χ2v) is 4.67. The maximum absolute atomic E-state index is 13.9. The molecular weight excluding hydrogens is 286 g/mol. The summed E-state index contributed by atoms with van der Waals surface area (Å²) in [7, 11) is 0. The van der Waals surface area contributed by atoms with E-state index in [2.05, 4.69) is 16.6 Å². The Labute approximate surface area is 130 Å². The molecule has 0 saturated heterocycles. The Balaban J connectivity index is 3.10. The summed E-state index contributed by atoms with van der Waals surface area (Å²) >= 11 is 0. The van der Waals surface area contributed by atoms with Gasteiger partial charge in [-0.05, 0) is 18.9 Å². The van der Waals surface area contributed by atoms with E-state index in [9.17, 15) is 13.6 Å². The van der Waals surface area contributed by atoms with Gasteiger partial charge in [0.2, 0.25) is 0 Å². The van der Waals surface area contributed by atoms with Gasteiger partial charge in [0.15, 0.2) is 0 Å². The summed E-state index contributed by atoms with van der Waals surface area (Å²) in [4.78, 5) is 11.3. The topological polar surface area (TPSA) is 26.3 Å². The van der Waals surface area contributed by atoms with E-state index in [0.717, 1.165) is 12.8 Å². The molecule has 2 nitrogen and oxygen atoms in total. The lowest BCUT2D eigenvalue weighted by atomic mass is 10.0. The SMILES string of the molecule is CCCCC#C/C(=C/C(F)(F)C(=O)OCC)c1ccccc1. The van der Waals surface area contributed by atoms with Gasteiger partial charge in [-0.1, -0.05) is 55.5 Å². The van der Waals surface area contributed by atoms with E-state index in [-0.39, 0.29) is 12.2 Å². The molecule has 0 N–H and O–H groups in total. The molecule has 22 heavy (non-hydrogen) atoms. The standard InChI is InChI=1S/C18H20F2O2/c1-3-5-6-8-13-16(15-11-9-7-10-12-15)14-18(19,20)17(21)22-4-2/h7,9-12,14H,3-6H2,1-2H3/b16-14-. The number of hydrogen-bond donors (Lipinski definition) is 0. The lowest BCUT2D eigenvalue weighted by Gasteiger charge is -2.11. The number of carbonyl (C=O) groups is 1. The fourth-order valence-electron chi connectivity index (χ4n) is 1.70. The number of rotatable bonds is 6. The average molecular weight is 306 g/mol. The minimum absolute atomic E-state index is 0.0922. The third-order valence-corrected chi connectivity index (χ3v) is 2.84. The fourth-order valence-corrected chi connectivity index (χ4v) is 1.70. The van der Waals surface area contributed by atoms with Crippen molar-refractivity contribution in [1.29, 1.82) is 0 Å². The lowest BCUT2D eigenvalue weighted by molar-refractivity contribution is -0.164. The van der Waals surface area contributed by atoms with Crippen molar-refractivity contribution in [2.45, 2.75) is 39.0 Å². The van der Waals surface area contributed by atoms with E-state index >= 15 is 0 Å². The number of halogens is 2. The van der Waals surface area contributed by atoms with Gasteiger partial charge in [-0.15, -0.1) is 0 Å². The van der Waals surface area contributed by atoms with Gasteiger partial charge in [-0.3, -0.25) is 0 Å². The summed E-state index contributed by atoms with van der Waals surface area (Å²) in [6.07, 6.45) is 3.10. The molecule has 0 unspecified atom stereocenters. The van der Waals surface area contributed by atoms with Crippen molar-refractivity contribution in [3.63, 3.8) is 0 Å². The van der Waals surface area contributed by atoms with Gasteiger partial charge in [0.1, 0.15) is 0 Å². The van der Waals surface area contributed by atoms with Crippen LogP contribution in [0, 0.1) is 11.8 Å². The number of allylic oxidation sites excluding steroid dienone is 1. The van der Waals surface area contributed by atoms with Crippen LogP contribution in [0.5, 0.6) is 0 Å². The van der Waals surface area contributed by atoms with Gasteiger partial charge in [-0.2, -0.15) is 8.78 Å². The van der Waals surface area contributed by atoms with Crippen LogP contribution in [0.25, 0.3) is 5.57 Å². The molecule has 1 aromatic carbocycles. The van der Waals surface area contributed by atoms with Gasteiger partial charge in [0.05, 0.1) is 6.61 Å². The highest BCUT2D eigenvalue weighted by Gasteiger charge is 2.38. The van der Waals surface area contributed by atoms with Crippen molar-refractivity contribution in [2.24, 2.45) is 0 Å². The van der Waals surface area contributed by atoms with E-state index in [4.69, 9.17) is 0 Å². The number of carbonyl (C=O) groups excluding carboxylic acids is 1. The number of alkyl halides is 2. The molecule has 0 aliphatic rings. The maximum Gasteiger partial charge on any atom is 0.381 e. The van der Waals surface area contributed by atoms with Crippen LogP contribution in [0.3, 0.4) is 0 Å². The van der Waals surface area contributed by atoms with Crippen molar-refractivity contribution in [2.75, 3.05) is 6.61 Å². The van der Waals surface area contributed by atoms with Gasteiger partial charge < -0.3 is 4.74 Å². The normalized spacial score (nSPS) is 11.5. The molecule has 0 atom stereocenters. The molecule has 0 fully saturated rings. The molecule has 0 radical (unpaired) electrons. The van der Waals surface area contributed by atoms with Gasteiger partial charge in [0, 0.05) is 18.1 Å². The van der Waals surface area contributed by atoms with Gasteiger partial charge in [0.25, 0.3) is 0 Å². The first-order valence-electron chi connectivity index (χ1n) is 7.33. The Bertz CT molecular complexity index is 566. The molecular formula is C18H20F2O2. The van der Waals surface area contributed by atoms with Crippen molar-refractivity contribution >= 4 is 11.5 Å². The highest BCUT2D eigenvalue weighted by atomic mass is 19.3. The zero-order valence-electron chi connectivity index (χ0n) is 12.9. The Morgan fingerprint density at radius 1 is 1.27 bits per heavy atom. The van der Waals surface area contributed by atoms with Crippen molar-refractivity contribution < 1.29 is 18.3 Å². The van der Waals surface area contributed by atoms with E-state index < -0.39 is 11.9 Å². The van der Waals surface area contributed by atoms with Crippen LogP contribution in [0.15, 0.2) is 36.4 Å². The monoisotopic (exact) mass is 306 g/mol. The quantitative estimate of drug-likeness (QED) is 0.440. The van der Waals surface area contributed by atoms with Crippen LogP contribution < -0.4 is 0 Å². The fraction of sp³-hybridized carbons (Fsp3) is 0.389. The Morgan fingerprint density at radius 2 is 1.95 bits per heavy atom. The lowest BCUT2D eigenvalue weighted by Crippen LogP contribution is -2.28. The number of esters is 1. The first kappa shape index (κ1) is 17.9. The van der Waals surface area contributed by atoms with Crippen LogP contribution in [-0.2, 0) is 9.53 Å². The Hall–Kier alpha value is -2.15. The minimum Gasteiger partial charge on any atom is -0.461 e. The summed E-state index contributed by atoms with van der Waals surface area (Å²) < 4.78 is 32.2. The van der Waals surface area contributed by atoms with Crippen molar-refractivity contribution in [3.8, 4) is 11.8 Å². The number of hydrogen-bond acceptors (Lipinski definition) is 2. The number of ether oxygens (including phenoxy) is 1. The van der Waals surface area contributed by atoms with Crippen molar-refractivity contribution in [3.05, 3.63) is 42.0 Å². The molecule has 118 valence electrons. The molecule has 0 heterocycles. The largest absolute Gasteiger partial charge is 0.461 e. The zero-order chi connectivity index (χ0) is 16.4. The molecule has 1 rings (SSSR count). The molecule has 0 bridgehead atoms.